The number of amides is 3. The summed E-state index contributed by atoms with van der Waals surface area (Å²) in [7, 11) is 1.56. The van der Waals surface area contributed by atoms with Crippen LogP contribution in [0.25, 0.3) is 0 Å². The van der Waals surface area contributed by atoms with E-state index in [1.165, 1.54) is 0 Å². The molecule has 0 aromatic heterocycles. The van der Waals surface area contributed by atoms with Crippen molar-refractivity contribution in [3.63, 3.8) is 0 Å². The van der Waals surface area contributed by atoms with Crippen LogP contribution in [0.5, 0.6) is 0 Å². The van der Waals surface area contributed by atoms with E-state index in [1.807, 2.05) is 13.8 Å². The molecule has 108 valence electrons. The molecular weight excluding hydrogens is 246 g/mol. The number of piperidine rings is 1. The van der Waals surface area contributed by atoms with Crippen molar-refractivity contribution in [1.82, 2.24) is 16.0 Å². The highest BCUT2D eigenvalue weighted by atomic mass is 16.2. The Balaban J connectivity index is 2.55. The number of nitrogens with one attached hydrogen (secondary N) is 3. The fraction of sp³-hybridized carbons (Fsp3) is 0.769. The van der Waals surface area contributed by atoms with Gasteiger partial charge in [-0.3, -0.25) is 14.4 Å². The van der Waals surface area contributed by atoms with E-state index in [2.05, 4.69) is 16.0 Å². The molecule has 1 heterocycles. The van der Waals surface area contributed by atoms with Crippen molar-refractivity contribution in [2.24, 2.45) is 11.8 Å². The van der Waals surface area contributed by atoms with Crippen LogP contribution in [0, 0.1) is 11.8 Å². The highest BCUT2D eigenvalue weighted by Gasteiger charge is 2.28. The lowest BCUT2D eigenvalue weighted by atomic mass is 9.96. The Morgan fingerprint density at radius 3 is 2.58 bits per heavy atom. The Morgan fingerprint density at radius 1 is 1.42 bits per heavy atom. The lowest BCUT2D eigenvalue weighted by Crippen LogP contribution is -2.51. The van der Waals surface area contributed by atoms with Gasteiger partial charge in [0.2, 0.25) is 17.7 Å². The van der Waals surface area contributed by atoms with E-state index in [0.29, 0.717) is 31.7 Å². The molecule has 1 aliphatic heterocycles. The minimum absolute atomic E-state index is 0.0194. The molecule has 0 aliphatic carbocycles. The van der Waals surface area contributed by atoms with Gasteiger partial charge in [-0.1, -0.05) is 13.8 Å². The number of rotatable bonds is 5. The van der Waals surface area contributed by atoms with Gasteiger partial charge in [0.05, 0.1) is 5.92 Å². The molecule has 1 saturated heterocycles. The summed E-state index contributed by atoms with van der Waals surface area (Å²) in [5.41, 5.74) is 0. The smallest absolute Gasteiger partial charge is 0.242 e. The van der Waals surface area contributed by atoms with Gasteiger partial charge in [-0.15, -0.1) is 0 Å². The van der Waals surface area contributed by atoms with Gasteiger partial charge < -0.3 is 16.0 Å². The van der Waals surface area contributed by atoms with Crippen LogP contribution in [0.3, 0.4) is 0 Å². The van der Waals surface area contributed by atoms with Crippen molar-refractivity contribution in [1.29, 1.82) is 0 Å². The SMILES string of the molecule is CNC(=O)C(CC(C)C)NC(=O)C1CCC(=O)NC1. The molecule has 3 amide bonds. The quantitative estimate of drug-likeness (QED) is 0.645. The number of hydrogen-bond donors (Lipinski definition) is 3. The molecule has 0 spiro atoms. The van der Waals surface area contributed by atoms with Crippen LogP contribution in [-0.2, 0) is 14.4 Å². The second-order valence-electron chi connectivity index (χ2n) is 5.34. The number of carbonyl (C=O) groups is 3. The van der Waals surface area contributed by atoms with Crippen molar-refractivity contribution >= 4 is 17.7 Å². The largest absolute Gasteiger partial charge is 0.357 e. The lowest BCUT2D eigenvalue weighted by Gasteiger charge is -2.25. The van der Waals surface area contributed by atoms with Crippen LogP contribution >= 0.6 is 0 Å². The number of carbonyl (C=O) groups excluding carboxylic acids is 3. The zero-order valence-electron chi connectivity index (χ0n) is 11.8. The van der Waals surface area contributed by atoms with Crippen LogP contribution < -0.4 is 16.0 Å². The maximum absolute atomic E-state index is 12.1. The van der Waals surface area contributed by atoms with E-state index >= 15 is 0 Å². The summed E-state index contributed by atoms with van der Waals surface area (Å²) in [6.45, 7) is 4.36. The van der Waals surface area contributed by atoms with E-state index < -0.39 is 6.04 Å². The Kier molecular flexibility index (Phi) is 5.79. The summed E-state index contributed by atoms with van der Waals surface area (Å²) < 4.78 is 0. The maximum atomic E-state index is 12.1. The molecule has 1 fully saturated rings. The highest BCUT2D eigenvalue weighted by Crippen LogP contribution is 2.12. The molecule has 2 atom stereocenters. The minimum atomic E-state index is -0.505. The van der Waals surface area contributed by atoms with Crippen molar-refractivity contribution < 1.29 is 14.4 Å². The van der Waals surface area contributed by atoms with E-state index in [0.717, 1.165) is 0 Å². The second-order valence-corrected chi connectivity index (χ2v) is 5.34. The molecule has 1 aliphatic rings. The molecule has 6 nitrogen and oxygen atoms in total. The molecule has 0 radical (unpaired) electrons. The Hall–Kier alpha value is -1.59. The predicted molar refractivity (Wildman–Crippen MR) is 71.2 cm³/mol. The van der Waals surface area contributed by atoms with Gasteiger partial charge in [0.1, 0.15) is 6.04 Å². The minimum Gasteiger partial charge on any atom is -0.357 e. The average molecular weight is 269 g/mol. The maximum Gasteiger partial charge on any atom is 0.242 e. The van der Waals surface area contributed by atoms with Crippen molar-refractivity contribution in [3.05, 3.63) is 0 Å². The third-order valence-electron chi connectivity index (χ3n) is 3.22. The summed E-state index contributed by atoms with van der Waals surface area (Å²) in [5, 5.41) is 8.01. The third kappa shape index (κ3) is 4.89. The van der Waals surface area contributed by atoms with Gasteiger partial charge in [0.15, 0.2) is 0 Å². The Morgan fingerprint density at radius 2 is 2.11 bits per heavy atom. The summed E-state index contributed by atoms with van der Waals surface area (Å²) in [6.07, 6.45) is 1.51. The van der Waals surface area contributed by atoms with Crippen molar-refractivity contribution in [2.45, 2.75) is 39.2 Å². The topological polar surface area (TPSA) is 87.3 Å². The van der Waals surface area contributed by atoms with E-state index in [1.54, 1.807) is 7.05 Å². The third-order valence-corrected chi connectivity index (χ3v) is 3.22. The summed E-state index contributed by atoms with van der Waals surface area (Å²) in [5.74, 6) is -0.282. The molecule has 3 N–H and O–H groups in total. The Labute approximate surface area is 113 Å². The predicted octanol–water partition coefficient (Wildman–Crippen LogP) is -0.210. The van der Waals surface area contributed by atoms with Crippen LogP contribution in [-0.4, -0.2) is 37.4 Å². The van der Waals surface area contributed by atoms with E-state index in [-0.39, 0.29) is 23.6 Å². The van der Waals surface area contributed by atoms with E-state index in [4.69, 9.17) is 0 Å². The van der Waals surface area contributed by atoms with Gasteiger partial charge >= 0.3 is 0 Å². The molecule has 0 aromatic carbocycles. The van der Waals surface area contributed by atoms with Crippen LogP contribution in [0.4, 0.5) is 0 Å². The average Bonchev–Trinajstić information content (AvgIpc) is 2.37. The highest BCUT2D eigenvalue weighted by molar-refractivity contribution is 5.89. The fourth-order valence-electron chi connectivity index (χ4n) is 2.12. The molecule has 2 unspecified atom stereocenters. The molecule has 0 aromatic rings. The first kappa shape index (κ1) is 15.5. The zero-order valence-corrected chi connectivity index (χ0v) is 11.8. The molecule has 6 heteroatoms. The number of likely N-dealkylation sites (N-methyl/N-ethyl adjacent to an activating group) is 1. The van der Waals surface area contributed by atoms with Crippen LogP contribution in [0.15, 0.2) is 0 Å². The molecule has 1 rings (SSSR count). The second kappa shape index (κ2) is 7.11. The Bertz CT molecular complexity index is 345. The van der Waals surface area contributed by atoms with Crippen LogP contribution in [0.2, 0.25) is 0 Å². The van der Waals surface area contributed by atoms with Crippen LogP contribution in [0.1, 0.15) is 33.1 Å². The van der Waals surface area contributed by atoms with Gasteiger partial charge in [-0.25, -0.2) is 0 Å². The van der Waals surface area contributed by atoms with Gasteiger partial charge in [-0.05, 0) is 18.8 Å². The molecular formula is C13H23N3O3. The molecule has 0 bridgehead atoms. The van der Waals surface area contributed by atoms with Gasteiger partial charge in [0.25, 0.3) is 0 Å². The summed E-state index contributed by atoms with van der Waals surface area (Å²) in [4.78, 5) is 34.8. The standard InChI is InChI=1S/C13H23N3O3/c1-8(2)6-10(13(19)14-3)16-12(18)9-4-5-11(17)15-7-9/h8-10H,4-7H2,1-3H3,(H,14,19)(H,15,17)(H,16,18). The van der Waals surface area contributed by atoms with Gasteiger partial charge in [0, 0.05) is 20.0 Å². The van der Waals surface area contributed by atoms with Gasteiger partial charge in [-0.2, -0.15) is 0 Å². The molecule has 19 heavy (non-hydrogen) atoms. The normalized spacial score (nSPS) is 20.6. The fourth-order valence-corrected chi connectivity index (χ4v) is 2.12. The number of hydrogen-bond acceptors (Lipinski definition) is 3. The molecule has 0 saturated carbocycles. The monoisotopic (exact) mass is 269 g/mol. The lowest BCUT2D eigenvalue weighted by molar-refractivity contribution is -0.133. The first-order valence-electron chi connectivity index (χ1n) is 6.72. The van der Waals surface area contributed by atoms with Crippen molar-refractivity contribution in [2.75, 3.05) is 13.6 Å². The van der Waals surface area contributed by atoms with E-state index in [9.17, 15) is 14.4 Å². The zero-order chi connectivity index (χ0) is 14.4. The first-order valence-corrected chi connectivity index (χ1v) is 6.72. The first-order chi connectivity index (χ1) is 8.93. The summed E-state index contributed by atoms with van der Waals surface area (Å²) in [6, 6.07) is -0.505. The van der Waals surface area contributed by atoms with Crippen molar-refractivity contribution in [3.8, 4) is 0 Å². The summed E-state index contributed by atoms with van der Waals surface area (Å²) >= 11 is 0.